The molecule has 0 heterocycles. The molecule has 0 radical (unpaired) electrons. The predicted molar refractivity (Wildman–Crippen MR) is 46.3 cm³/mol. The fourth-order valence-electron chi connectivity index (χ4n) is 1.17. The highest BCUT2D eigenvalue weighted by molar-refractivity contribution is 5.71. The molecule has 0 saturated heterocycles. The van der Waals surface area contributed by atoms with Crippen molar-refractivity contribution in [1.29, 1.82) is 0 Å². The number of hydrogen-bond acceptors (Lipinski definition) is 1. The molecule has 2 nitrogen and oxygen atoms in total. The highest BCUT2D eigenvalue weighted by Gasteiger charge is 2.43. The third kappa shape index (κ3) is 2.49. The Bertz CT molecular complexity index is 194. The second kappa shape index (κ2) is 5.67. The molecule has 0 aliphatic rings. The van der Waals surface area contributed by atoms with E-state index in [1.165, 1.54) is 6.08 Å². The number of carbonyl (C=O) groups is 1. The average Bonchev–Trinajstić information content (AvgIpc) is 2.19. The first-order valence-corrected chi connectivity index (χ1v) is 4.09. The van der Waals surface area contributed by atoms with Crippen LogP contribution in [0.1, 0.15) is 6.42 Å². The highest BCUT2D eigenvalue weighted by atomic mass is 19.1. The monoisotopic (exact) mass is 210 g/mol. The Morgan fingerprint density at radius 3 is 2.00 bits per heavy atom. The fourth-order valence-corrected chi connectivity index (χ4v) is 1.17. The number of allylic oxidation sites excluding steroid dienone is 1. The zero-order valence-electron chi connectivity index (χ0n) is 7.68. The molecule has 0 aliphatic carbocycles. The molecule has 14 heavy (non-hydrogen) atoms. The summed E-state index contributed by atoms with van der Waals surface area (Å²) < 4.78 is 37.4. The summed E-state index contributed by atoms with van der Waals surface area (Å²) in [5.41, 5.74) is -2.06. The molecule has 0 aliphatic heterocycles. The number of carboxylic acid groups (broad SMARTS) is 1. The molecule has 0 amide bonds. The van der Waals surface area contributed by atoms with E-state index >= 15 is 0 Å². The third-order valence-corrected chi connectivity index (χ3v) is 2.24. The Morgan fingerprint density at radius 1 is 1.36 bits per heavy atom. The van der Waals surface area contributed by atoms with E-state index in [1.54, 1.807) is 0 Å². The Morgan fingerprint density at radius 2 is 1.79 bits per heavy atom. The second-order valence-corrected chi connectivity index (χ2v) is 3.18. The van der Waals surface area contributed by atoms with Gasteiger partial charge in [0.15, 0.2) is 0 Å². The Labute approximate surface area is 80.4 Å². The maximum absolute atomic E-state index is 12.5. The van der Waals surface area contributed by atoms with E-state index < -0.39 is 37.3 Å². The molecule has 0 bridgehead atoms. The van der Waals surface area contributed by atoms with Gasteiger partial charge in [0.25, 0.3) is 0 Å². The Balaban J connectivity index is 4.88. The van der Waals surface area contributed by atoms with Gasteiger partial charge in [-0.3, -0.25) is 18.0 Å². The molecule has 0 rings (SSSR count). The van der Waals surface area contributed by atoms with Crippen molar-refractivity contribution in [2.24, 2.45) is 11.3 Å². The van der Waals surface area contributed by atoms with Crippen LogP contribution in [-0.4, -0.2) is 31.1 Å². The first-order chi connectivity index (χ1) is 6.57. The van der Waals surface area contributed by atoms with Gasteiger partial charge >= 0.3 is 5.97 Å². The van der Waals surface area contributed by atoms with Crippen LogP contribution in [0.4, 0.5) is 13.2 Å². The van der Waals surface area contributed by atoms with Gasteiger partial charge < -0.3 is 5.11 Å². The van der Waals surface area contributed by atoms with E-state index in [2.05, 4.69) is 6.58 Å². The van der Waals surface area contributed by atoms with Gasteiger partial charge in [-0.1, -0.05) is 6.08 Å². The van der Waals surface area contributed by atoms with Crippen molar-refractivity contribution in [3.8, 4) is 0 Å². The van der Waals surface area contributed by atoms with Gasteiger partial charge in [-0.2, -0.15) is 0 Å². The van der Waals surface area contributed by atoms with Crippen LogP contribution in [0.5, 0.6) is 0 Å². The third-order valence-electron chi connectivity index (χ3n) is 2.24. The summed E-state index contributed by atoms with van der Waals surface area (Å²) in [5.74, 6) is -2.81. The molecule has 82 valence electrons. The van der Waals surface area contributed by atoms with Crippen LogP contribution in [0.25, 0.3) is 0 Å². The van der Waals surface area contributed by atoms with Gasteiger partial charge in [0, 0.05) is 0 Å². The fraction of sp³-hybridized carbons (Fsp3) is 0.667. The number of hydrogen-bond donors (Lipinski definition) is 1. The summed E-state index contributed by atoms with van der Waals surface area (Å²) in [4.78, 5) is 10.7. The van der Waals surface area contributed by atoms with Crippen molar-refractivity contribution in [3.05, 3.63) is 12.7 Å². The van der Waals surface area contributed by atoms with Gasteiger partial charge in [0.2, 0.25) is 0 Å². The van der Waals surface area contributed by atoms with Crippen LogP contribution < -0.4 is 0 Å². The van der Waals surface area contributed by atoms with Gasteiger partial charge in [-0.15, -0.1) is 6.58 Å². The summed E-state index contributed by atoms with van der Waals surface area (Å²) in [6, 6.07) is 0. The molecule has 1 N–H and O–H groups in total. The van der Waals surface area contributed by atoms with Gasteiger partial charge in [-0.25, -0.2) is 0 Å². The lowest BCUT2D eigenvalue weighted by molar-refractivity contribution is -0.148. The molecule has 0 spiro atoms. The largest absolute Gasteiger partial charge is 0.481 e. The molecule has 1 unspecified atom stereocenters. The van der Waals surface area contributed by atoms with E-state index in [4.69, 9.17) is 5.11 Å². The van der Waals surface area contributed by atoms with E-state index in [0.717, 1.165) is 0 Å². The SMILES string of the molecule is C=CCC(C(=O)O)C(CF)(CF)CF. The minimum atomic E-state index is -2.06. The van der Waals surface area contributed by atoms with Crippen LogP contribution in [0.15, 0.2) is 12.7 Å². The molecule has 0 aromatic rings. The Hall–Kier alpha value is -1.00. The first kappa shape index (κ1) is 13.0. The minimum absolute atomic E-state index is 0.146. The van der Waals surface area contributed by atoms with Crippen molar-refractivity contribution in [2.45, 2.75) is 6.42 Å². The summed E-state index contributed by atoms with van der Waals surface area (Å²) in [6.45, 7) is -0.717. The number of rotatable bonds is 7. The van der Waals surface area contributed by atoms with E-state index in [9.17, 15) is 18.0 Å². The first-order valence-electron chi connectivity index (χ1n) is 4.09. The smallest absolute Gasteiger partial charge is 0.307 e. The van der Waals surface area contributed by atoms with E-state index in [-0.39, 0.29) is 6.42 Å². The van der Waals surface area contributed by atoms with Crippen molar-refractivity contribution < 1.29 is 23.1 Å². The van der Waals surface area contributed by atoms with Crippen LogP contribution in [0.2, 0.25) is 0 Å². The Kier molecular flexibility index (Phi) is 5.27. The standard InChI is InChI=1S/C9H13F3O2/c1-2-3-7(8(13)14)9(4-10,5-11)6-12/h2,7H,1,3-6H2,(H,13,14). The topological polar surface area (TPSA) is 37.3 Å². The van der Waals surface area contributed by atoms with Crippen LogP contribution in [0.3, 0.4) is 0 Å². The number of alkyl halides is 3. The quantitative estimate of drug-likeness (QED) is 0.654. The van der Waals surface area contributed by atoms with Crippen molar-refractivity contribution in [3.63, 3.8) is 0 Å². The predicted octanol–water partition coefficient (Wildman–Crippen LogP) is 2.16. The maximum Gasteiger partial charge on any atom is 0.307 e. The number of aliphatic carboxylic acids is 1. The molecule has 0 fully saturated rings. The summed E-state index contributed by atoms with van der Waals surface area (Å²) >= 11 is 0. The molecular formula is C9H13F3O2. The number of carboxylic acids is 1. The van der Waals surface area contributed by atoms with Gasteiger partial charge in [-0.05, 0) is 6.42 Å². The van der Waals surface area contributed by atoms with Crippen LogP contribution in [-0.2, 0) is 4.79 Å². The lowest BCUT2D eigenvalue weighted by Gasteiger charge is -2.30. The molecule has 0 aromatic carbocycles. The average molecular weight is 210 g/mol. The normalized spacial score (nSPS) is 13.6. The van der Waals surface area contributed by atoms with Crippen LogP contribution >= 0.6 is 0 Å². The lowest BCUT2D eigenvalue weighted by Crippen LogP contribution is -2.41. The maximum atomic E-state index is 12.5. The minimum Gasteiger partial charge on any atom is -0.481 e. The second-order valence-electron chi connectivity index (χ2n) is 3.18. The summed E-state index contributed by atoms with van der Waals surface area (Å²) in [7, 11) is 0. The van der Waals surface area contributed by atoms with Crippen molar-refractivity contribution in [2.75, 3.05) is 20.0 Å². The molecular weight excluding hydrogens is 197 g/mol. The molecule has 0 saturated carbocycles. The summed E-state index contributed by atoms with van der Waals surface area (Å²) in [6.07, 6.45) is 1.07. The molecule has 5 heteroatoms. The zero-order valence-corrected chi connectivity index (χ0v) is 7.68. The van der Waals surface area contributed by atoms with E-state index in [0.29, 0.717) is 0 Å². The lowest BCUT2D eigenvalue weighted by atomic mass is 9.76. The highest BCUT2D eigenvalue weighted by Crippen LogP contribution is 2.33. The van der Waals surface area contributed by atoms with Crippen molar-refractivity contribution >= 4 is 5.97 Å². The zero-order chi connectivity index (χ0) is 11.2. The molecule has 0 aromatic heterocycles. The summed E-state index contributed by atoms with van der Waals surface area (Å²) in [5, 5.41) is 8.69. The van der Waals surface area contributed by atoms with Crippen molar-refractivity contribution in [1.82, 2.24) is 0 Å². The molecule has 1 atom stereocenters. The number of halogens is 3. The van der Waals surface area contributed by atoms with Crippen LogP contribution in [0, 0.1) is 11.3 Å². The van der Waals surface area contributed by atoms with Gasteiger partial charge in [0.1, 0.15) is 20.0 Å². The van der Waals surface area contributed by atoms with Gasteiger partial charge in [0.05, 0.1) is 11.3 Å². The van der Waals surface area contributed by atoms with E-state index in [1.807, 2.05) is 0 Å².